The molecule has 0 saturated heterocycles. The van der Waals surface area contributed by atoms with Crippen LogP contribution < -0.4 is 0 Å². The fraction of sp³-hybridized carbons (Fsp3) is 0.222. The fourth-order valence-corrected chi connectivity index (χ4v) is 3.79. The largest absolute Gasteiger partial charge is 0.289 e. The van der Waals surface area contributed by atoms with Crippen LogP contribution in [0.2, 0.25) is 5.02 Å². The van der Waals surface area contributed by atoms with Crippen molar-refractivity contribution in [3.63, 3.8) is 0 Å². The van der Waals surface area contributed by atoms with E-state index < -0.39 is 0 Å². The number of aliphatic imine (C=N–C) groups is 1. The van der Waals surface area contributed by atoms with E-state index >= 15 is 0 Å². The summed E-state index contributed by atoms with van der Waals surface area (Å²) in [5, 5.41) is 1.50. The Morgan fingerprint density at radius 1 is 1.12 bits per heavy atom. The molecule has 0 saturated carbocycles. The predicted octanol–water partition coefficient (Wildman–Crippen LogP) is 4.78. The number of rotatable bonds is 4. The highest BCUT2D eigenvalue weighted by Crippen LogP contribution is 2.22. The van der Waals surface area contributed by atoms with E-state index in [1.165, 1.54) is 5.56 Å². The molecule has 0 fully saturated rings. The maximum Gasteiger partial charge on any atom is 0.233 e. The van der Waals surface area contributed by atoms with Gasteiger partial charge >= 0.3 is 0 Å². The molecule has 0 aliphatic carbocycles. The van der Waals surface area contributed by atoms with Crippen molar-refractivity contribution in [3.8, 4) is 0 Å². The molecule has 124 valence electrons. The average Bonchev–Trinajstić information content (AvgIpc) is 3.05. The summed E-state index contributed by atoms with van der Waals surface area (Å²) in [7, 11) is 0. The summed E-state index contributed by atoms with van der Waals surface area (Å²) in [6.45, 7) is 1.34. The topological polar surface area (TPSA) is 32.7 Å². The van der Waals surface area contributed by atoms with Crippen LogP contribution in [0.1, 0.15) is 11.1 Å². The van der Waals surface area contributed by atoms with Crippen LogP contribution in [0.15, 0.2) is 58.0 Å². The number of benzene rings is 2. The summed E-state index contributed by atoms with van der Waals surface area (Å²) in [5.41, 5.74) is 2.18. The van der Waals surface area contributed by atoms with E-state index in [1.54, 1.807) is 16.7 Å². The van der Waals surface area contributed by atoms with E-state index in [1.807, 2.05) is 36.4 Å². The Kier molecular flexibility index (Phi) is 5.98. The van der Waals surface area contributed by atoms with Crippen molar-refractivity contribution >= 4 is 50.4 Å². The van der Waals surface area contributed by atoms with Crippen LogP contribution in [0, 0.1) is 0 Å². The lowest BCUT2D eigenvalue weighted by Gasteiger charge is -2.18. The molecule has 24 heavy (non-hydrogen) atoms. The summed E-state index contributed by atoms with van der Waals surface area (Å²) >= 11 is 10.9. The Labute approximate surface area is 159 Å². The first-order valence-electron chi connectivity index (χ1n) is 7.58. The van der Waals surface area contributed by atoms with Gasteiger partial charge in [-0.3, -0.25) is 14.7 Å². The molecule has 0 N–H and O–H groups in total. The molecule has 3 rings (SSSR count). The molecular weight excluding hydrogens is 408 g/mol. The normalized spacial score (nSPS) is 13.9. The maximum absolute atomic E-state index is 12.6. The molecule has 2 aromatic rings. The third-order valence-electron chi connectivity index (χ3n) is 3.65. The molecule has 0 aromatic heterocycles. The van der Waals surface area contributed by atoms with Gasteiger partial charge in [-0.25, -0.2) is 0 Å². The zero-order chi connectivity index (χ0) is 16.9. The molecule has 1 amide bonds. The van der Waals surface area contributed by atoms with Gasteiger partial charge in [0.1, 0.15) is 0 Å². The summed E-state index contributed by atoms with van der Waals surface area (Å²) in [4.78, 5) is 18.8. The van der Waals surface area contributed by atoms with Crippen molar-refractivity contribution in [1.29, 1.82) is 0 Å². The Morgan fingerprint density at radius 2 is 1.79 bits per heavy atom. The van der Waals surface area contributed by atoms with Gasteiger partial charge in [0.2, 0.25) is 5.91 Å². The molecule has 0 spiro atoms. The Hall–Kier alpha value is -1.30. The summed E-state index contributed by atoms with van der Waals surface area (Å²) < 4.78 is 1.06. The van der Waals surface area contributed by atoms with Gasteiger partial charge in [-0.15, -0.1) is 0 Å². The smallest absolute Gasteiger partial charge is 0.233 e. The first-order valence-corrected chi connectivity index (χ1v) is 9.74. The van der Waals surface area contributed by atoms with Gasteiger partial charge in [0.05, 0.1) is 13.0 Å². The summed E-state index contributed by atoms with van der Waals surface area (Å²) in [6, 6.07) is 15.6. The van der Waals surface area contributed by atoms with Gasteiger partial charge in [-0.2, -0.15) is 0 Å². The number of nitrogens with zero attached hydrogens (tertiary/aromatic N) is 2. The number of thioether (sulfide) groups is 1. The Morgan fingerprint density at radius 3 is 2.50 bits per heavy atom. The molecule has 0 unspecified atom stereocenters. The average molecular weight is 424 g/mol. The summed E-state index contributed by atoms with van der Waals surface area (Å²) in [6.07, 6.45) is 0.370. The van der Waals surface area contributed by atoms with E-state index in [-0.39, 0.29) is 5.91 Å². The molecule has 1 heterocycles. The molecule has 2 aromatic carbocycles. The van der Waals surface area contributed by atoms with Crippen molar-refractivity contribution in [2.75, 3.05) is 13.1 Å². The highest BCUT2D eigenvalue weighted by molar-refractivity contribution is 9.10. The van der Waals surface area contributed by atoms with Crippen LogP contribution in [0.4, 0.5) is 0 Å². The first-order chi connectivity index (χ1) is 11.6. The molecular formula is C18H16BrClN2OS. The number of amides is 1. The van der Waals surface area contributed by atoms with Crippen LogP contribution in [-0.4, -0.2) is 29.1 Å². The van der Waals surface area contributed by atoms with Gasteiger partial charge in [0.15, 0.2) is 5.17 Å². The van der Waals surface area contributed by atoms with Crippen molar-refractivity contribution in [2.24, 2.45) is 4.99 Å². The lowest BCUT2D eigenvalue weighted by molar-refractivity contribution is -0.126. The third kappa shape index (κ3) is 4.62. The maximum atomic E-state index is 12.6. The van der Waals surface area contributed by atoms with Crippen LogP contribution in [-0.2, 0) is 17.0 Å². The van der Waals surface area contributed by atoms with Gasteiger partial charge in [-0.1, -0.05) is 63.6 Å². The number of hydrogen-bond acceptors (Lipinski definition) is 3. The third-order valence-corrected chi connectivity index (χ3v) is 5.52. The van der Waals surface area contributed by atoms with E-state index in [9.17, 15) is 4.79 Å². The highest BCUT2D eigenvalue weighted by atomic mass is 79.9. The van der Waals surface area contributed by atoms with Crippen molar-refractivity contribution in [1.82, 2.24) is 4.90 Å². The van der Waals surface area contributed by atoms with E-state index in [0.717, 1.165) is 21.0 Å². The second kappa shape index (κ2) is 8.19. The minimum Gasteiger partial charge on any atom is -0.289 e. The monoisotopic (exact) mass is 422 g/mol. The summed E-state index contributed by atoms with van der Waals surface area (Å²) in [5.74, 6) is 0.883. The van der Waals surface area contributed by atoms with E-state index in [0.29, 0.717) is 24.5 Å². The lowest BCUT2D eigenvalue weighted by atomic mass is 10.1. The molecule has 1 aliphatic heterocycles. The predicted molar refractivity (Wildman–Crippen MR) is 105 cm³/mol. The van der Waals surface area contributed by atoms with Crippen LogP contribution >= 0.6 is 39.3 Å². The molecule has 0 radical (unpaired) electrons. The molecule has 6 heteroatoms. The van der Waals surface area contributed by atoms with Gasteiger partial charge < -0.3 is 0 Å². The Bertz CT molecular complexity index is 747. The van der Waals surface area contributed by atoms with E-state index in [4.69, 9.17) is 11.6 Å². The van der Waals surface area contributed by atoms with Crippen LogP contribution in [0.25, 0.3) is 0 Å². The lowest BCUT2D eigenvalue weighted by Crippen LogP contribution is -2.34. The quantitative estimate of drug-likeness (QED) is 0.709. The number of amidine groups is 1. The molecule has 0 atom stereocenters. The fourth-order valence-electron chi connectivity index (χ4n) is 2.38. The van der Waals surface area contributed by atoms with Crippen molar-refractivity contribution < 1.29 is 4.79 Å². The first kappa shape index (κ1) is 17.5. The number of carbonyl (C=O) groups is 1. The number of hydrogen-bond donors (Lipinski definition) is 0. The standard InChI is InChI=1S/C18H16BrClN2OS/c19-15-5-1-14(2-6-15)12-24-18-21-9-10-22(18)17(23)11-13-3-7-16(20)8-4-13/h1-8H,9-12H2. The second-order valence-electron chi connectivity index (χ2n) is 5.43. The molecule has 1 aliphatic rings. The van der Waals surface area contributed by atoms with Gasteiger partial charge in [-0.05, 0) is 35.4 Å². The minimum absolute atomic E-state index is 0.0804. The minimum atomic E-state index is 0.0804. The zero-order valence-electron chi connectivity index (χ0n) is 12.9. The van der Waals surface area contributed by atoms with Gasteiger partial charge in [0, 0.05) is 21.8 Å². The molecule has 3 nitrogen and oxygen atoms in total. The zero-order valence-corrected chi connectivity index (χ0v) is 16.1. The Balaban J connectivity index is 1.59. The number of halogens is 2. The number of carbonyl (C=O) groups excluding carboxylic acids is 1. The second-order valence-corrected chi connectivity index (χ2v) is 7.72. The SMILES string of the molecule is O=C(Cc1ccc(Cl)cc1)N1CCN=C1SCc1ccc(Br)cc1. The van der Waals surface area contributed by atoms with Crippen molar-refractivity contribution in [2.45, 2.75) is 12.2 Å². The highest BCUT2D eigenvalue weighted by Gasteiger charge is 2.24. The van der Waals surface area contributed by atoms with Gasteiger partial charge in [0.25, 0.3) is 0 Å². The van der Waals surface area contributed by atoms with Crippen LogP contribution in [0.3, 0.4) is 0 Å². The molecule has 0 bridgehead atoms. The van der Waals surface area contributed by atoms with Crippen LogP contribution in [0.5, 0.6) is 0 Å². The van der Waals surface area contributed by atoms with E-state index in [2.05, 4.69) is 33.1 Å². The van der Waals surface area contributed by atoms with Crippen molar-refractivity contribution in [3.05, 3.63) is 69.2 Å².